The number of fused-ring (bicyclic) bond motifs is 7. The zero-order valence-electron chi connectivity index (χ0n) is 17.5. The van der Waals surface area contributed by atoms with Crippen LogP contribution in [0, 0.1) is 0 Å². The number of rotatable bonds is 1. The van der Waals surface area contributed by atoms with Crippen molar-refractivity contribution < 1.29 is 38.5 Å². The average Bonchev–Trinajstić information content (AvgIpc) is 3.17. The third-order valence-electron chi connectivity index (χ3n) is 6.27. The summed E-state index contributed by atoms with van der Waals surface area (Å²) in [6.45, 7) is 1.76. The van der Waals surface area contributed by atoms with Crippen molar-refractivity contribution in [3.8, 4) is 17.2 Å². The van der Waals surface area contributed by atoms with Crippen LogP contribution >= 0.6 is 0 Å². The van der Waals surface area contributed by atoms with Gasteiger partial charge in [0.25, 0.3) is 0 Å². The van der Waals surface area contributed by atoms with Crippen LogP contribution < -0.4 is 4.74 Å². The number of furan rings is 1. The largest absolute Gasteiger partial charge is 0.507 e. The number of hydrogen-bond donors (Lipinski definition) is 2. The number of carbonyl (C=O) groups is 3. The third kappa shape index (κ3) is 2.37. The van der Waals surface area contributed by atoms with Crippen LogP contribution in [0.3, 0.4) is 0 Å². The van der Waals surface area contributed by atoms with E-state index in [1.807, 2.05) is 0 Å². The number of phenolic OH excluding ortho intramolecular Hbond substituents is 2. The second-order valence-electron chi connectivity index (χ2n) is 8.22. The van der Waals surface area contributed by atoms with E-state index in [0.717, 1.165) is 0 Å². The smallest absolute Gasteiger partial charge is 0.342 e. The molecule has 0 saturated carbocycles. The van der Waals surface area contributed by atoms with Crippen molar-refractivity contribution in [2.75, 3.05) is 7.11 Å². The summed E-state index contributed by atoms with van der Waals surface area (Å²) < 4.78 is 16.7. The summed E-state index contributed by atoms with van der Waals surface area (Å²) >= 11 is 0. The van der Waals surface area contributed by atoms with Gasteiger partial charge in [-0.3, -0.25) is 9.59 Å². The second-order valence-corrected chi connectivity index (χ2v) is 8.22. The third-order valence-corrected chi connectivity index (χ3v) is 6.27. The van der Waals surface area contributed by atoms with Crippen LogP contribution in [0.1, 0.15) is 54.9 Å². The molecule has 1 aromatic heterocycles. The van der Waals surface area contributed by atoms with Gasteiger partial charge in [0.05, 0.1) is 29.0 Å². The topological polar surface area (TPSA) is 123 Å². The summed E-state index contributed by atoms with van der Waals surface area (Å²) in [7, 11) is 1.41. The molecule has 1 aliphatic heterocycles. The van der Waals surface area contributed by atoms with Gasteiger partial charge >= 0.3 is 5.97 Å². The van der Waals surface area contributed by atoms with Gasteiger partial charge in [-0.25, -0.2) is 4.79 Å². The highest BCUT2D eigenvalue weighted by atomic mass is 16.5. The minimum Gasteiger partial charge on any atom is -0.507 e. The number of hydrogen-bond acceptors (Lipinski definition) is 8. The minimum atomic E-state index is -0.659. The molecule has 2 N–H and O–H groups in total. The van der Waals surface area contributed by atoms with Gasteiger partial charge in [-0.15, -0.1) is 0 Å². The first-order chi connectivity index (χ1) is 15.8. The van der Waals surface area contributed by atoms with Crippen LogP contribution in [-0.2, 0) is 11.2 Å². The minimum absolute atomic E-state index is 0.0222. The van der Waals surface area contributed by atoms with Gasteiger partial charge in [0, 0.05) is 12.0 Å². The fraction of sp³-hybridized carbons (Fsp3) is 0.160. The average molecular weight is 444 g/mol. The van der Waals surface area contributed by atoms with Gasteiger partial charge in [-0.1, -0.05) is 6.07 Å². The van der Waals surface area contributed by atoms with E-state index in [4.69, 9.17) is 13.9 Å². The first kappa shape index (κ1) is 19.4. The predicted molar refractivity (Wildman–Crippen MR) is 115 cm³/mol. The van der Waals surface area contributed by atoms with Crippen LogP contribution in [0.2, 0.25) is 0 Å². The van der Waals surface area contributed by atoms with Crippen LogP contribution in [-0.4, -0.2) is 41.0 Å². The number of benzene rings is 3. The Kier molecular flexibility index (Phi) is 3.73. The van der Waals surface area contributed by atoms with Crippen LogP contribution in [0.25, 0.3) is 21.7 Å². The predicted octanol–water partition coefficient (Wildman–Crippen LogP) is 3.88. The molecular weight excluding hydrogens is 428 g/mol. The summed E-state index contributed by atoms with van der Waals surface area (Å²) in [5, 5.41) is 22.3. The number of esters is 1. The fourth-order valence-corrected chi connectivity index (χ4v) is 4.89. The van der Waals surface area contributed by atoms with Crippen molar-refractivity contribution in [3.63, 3.8) is 0 Å². The Morgan fingerprint density at radius 2 is 1.79 bits per heavy atom. The van der Waals surface area contributed by atoms with Gasteiger partial charge in [-0.2, -0.15) is 0 Å². The zero-order chi connectivity index (χ0) is 23.2. The number of phenols is 2. The molecule has 164 valence electrons. The maximum absolute atomic E-state index is 13.4. The van der Waals surface area contributed by atoms with Crippen molar-refractivity contribution in [2.45, 2.75) is 19.4 Å². The van der Waals surface area contributed by atoms with E-state index in [2.05, 4.69) is 0 Å². The number of carbonyl (C=O) groups excluding carboxylic acids is 3. The lowest BCUT2D eigenvalue weighted by atomic mass is 9.85. The molecule has 1 aliphatic carbocycles. The van der Waals surface area contributed by atoms with Gasteiger partial charge in [-0.05, 0) is 42.1 Å². The van der Waals surface area contributed by atoms with Crippen LogP contribution in [0.15, 0.2) is 34.7 Å². The van der Waals surface area contributed by atoms with Gasteiger partial charge < -0.3 is 24.1 Å². The normalized spacial score (nSPS) is 17.0. The fourth-order valence-electron chi connectivity index (χ4n) is 4.89. The van der Waals surface area contributed by atoms with E-state index in [0.29, 0.717) is 17.4 Å². The van der Waals surface area contributed by atoms with E-state index in [1.54, 1.807) is 19.1 Å². The van der Waals surface area contributed by atoms with Gasteiger partial charge in [0.15, 0.2) is 11.3 Å². The van der Waals surface area contributed by atoms with Crippen molar-refractivity contribution >= 4 is 39.3 Å². The molecule has 3 aromatic carbocycles. The molecular formula is C25H16O8. The molecule has 6 rings (SSSR count). The SMILES string of the molecule is COc1cc2cc3c(c(O)c2c2oc4c(c12)C(=O)c1c(O)cccc1C4=O)C(=O)O[C@@H](C)C3. The Morgan fingerprint density at radius 3 is 2.55 bits per heavy atom. The molecule has 0 spiro atoms. The van der Waals surface area contributed by atoms with Gasteiger partial charge in [0.2, 0.25) is 11.6 Å². The van der Waals surface area contributed by atoms with Crippen LogP contribution in [0.4, 0.5) is 0 Å². The maximum Gasteiger partial charge on any atom is 0.342 e. The quantitative estimate of drug-likeness (QED) is 0.374. The Hall–Kier alpha value is -4.33. The molecule has 0 bridgehead atoms. The highest BCUT2D eigenvalue weighted by Gasteiger charge is 2.39. The molecule has 2 heterocycles. The molecule has 0 unspecified atom stereocenters. The standard InChI is InChI=1S/C25H16O8/c1-9-6-10-7-11-8-14(31-2)18-19-22(29)17-12(4-3-5-13(17)26)20(27)24(19)33-23(18)15(11)21(28)16(10)25(30)32-9/h3-5,7-9,26,28H,6H2,1-2H3/t9-/m0/s1. The van der Waals surface area contributed by atoms with Crippen molar-refractivity contribution in [1.82, 2.24) is 0 Å². The molecule has 8 heteroatoms. The van der Waals surface area contributed by atoms with Crippen molar-refractivity contribution in [2.24, 2.45) is 0 Å². The molecule has 0 amide bonds. The molecule has 8 nitrogen and oxygen atoms in total. The summed E-state index contributed by atoms with van der Waals surface area (Å²) in [5.74, 6) is -2.46. The lowest BCUT2D eigenvalue weighted by Crippen LogP contribution is -2.25. The Morgan fingerprint density at radius 1 is 1.00 bits per heavy atom. The zero-order valence-corrected chi connectivity index (χ0v) is 17.5. The molecule has 33 heavy (non-hydrogen) atoms. The lowest BCUT2D eigenvalue weighted by molar-refractivity contribution is 0.0297. The molecule has 2 aliphatic rings. The number of ether oxygens (including phenoxy) is 2. The molecule has 0 radical (unpaired) electrons. The number of aromatic hydroxyl groups is 2. The summed E-state index contributed by atoms with van der Waals surface area (Å²) in [5.41, 5.74) is 0.526. The highest BCUT2D eigenvalue weighted by molar-refractivity contribution is 6.34. The van der Waals surface area contributed by atoms with E-state index in [1.165, 1.54) is 25.3 Å². The van der Waals surface area contributed by atoms with Crippen molar-refractivity contribution in [3.05, 3.63) is 63.9 Å². The Labute approximate surface area is 185 Å². The molecule has 0 saturated heterocycles. The van der Waals surface area contributed by atoms with Crippen LogP contribution in [0.5, 0.6) is 17.2 Å². The highest BCUT2D eigenvalue weighted by Crippen LogP contribution is 2.47. The Balaban J connectivity index is 1.76. The molecule has 0 fully saturated rings. The van der Waals surface area contributed by atoms with Gasteiger partial charge in [0.1, 0.15) is 28.9 Å². The van der Waals surface area contributed by atoms with E-state index >= 15 is 0 Å². The van der Waals surface area contributed by atoms with E-state index < -0.39 is 17.5 Å². The number of cyclic esters (lactones) is 1. The Bertz CT molecular complexity index is 1590. The number of methoxy groups -OCH3 is 1. The number of ketones is 2. The maximum atomic E-state index is 13.4. The molecule has 1 atom stereocenters. The van der Waals surface area contributed by atoms with E-state index in [9.17, 15) is 24.6 Å². The summed E-state index contributed by atoms with van der Waals surface area (Å²) in [6, 6.07) is 7.60. The molecule has 4 aromatic rings. The van der Waals surface area contributed by atoms with E-state index in [-0.39, 0.29) is 67.7 Å². The lowest BCUT2D eigenvalue weighted by Gasteiger charge is -2.23. The summed E-state index contributed by atoms with van der Waals surface area (Å²) in [4.78, 5) is 39.1. The first-order valence-electron chi connectivity index (χ1n) is 10.3. The van der Waals surface area contributed by atoms with Crippen molar-refractivity contribution in [1.29, 1.82) is 0 Å². The second kappa shape index (κ2) is 6.35. The monoisotopic (exact) mass is 444 g/mol. The first-order valence-corrected chi connectivity index (χ1v) is 10.3. The summed E-state index contributed by atoms with van der Waals surface area (Å²) in [6.07, 6.45) is 0.0790.